The lowest BCUT2D eigenvalue weighted by Crippen LogP contribution is -2.24. The number of carbonyl (C=O) groups excluding carboxylic acids is 2. The molecule has 0 aliphatic carbocycles. The zero-order valence-corrected chi connectivity index (χ0v) is 17.0. The van der Waals surface area contributed by atoms with Crippen LogP contribution in [0.15, 0.2) is 12.2 Å². The summed E-state index contributed by atoms with van der Waals surface area (Å²) in [4.78, 5) is 22.5. The van der Waals surface area contributed by atoms with Crippen molar-refractivity contribution >= 4 is 11.9 Å². The average Bonchev–Trinajstić information content (AvgIpc) is 2.56. The smallest absolute Gasteiger partial charge is 0.333 e. The van der Waals surface area contributed by atoms with Crippen LogP contribution in [0.25, 0.3) is 0 Å². The minimum absolute atomic E-state index is 0.197. The molecule has 158 valence electrons. The summed E-state index contributed by atoms with van der Waals surface area (Å²) in [7, 11) is 0. The van der Waals surface area contributed by atoms with Crippen LogP contribution in [0.2, 0.25) is 0 Å². The van der Waals surface area contributed by atoms with Crippen molar-refractivity contribution in [3.05, 3.63) is 12.2 Å². The van der Waals surface area contributed by atoms with Crippen molar-refractivity contribution in [2.24, 2.45) is 0 Å². The van der Waals surface area contributed by atoms with Crippen LogP contribution < -0.4 is 0 Å². The first-order valence-corrected chi connectivity index (χ1v) is 9.08. The van der Waals surface area contributed by atoms with E-state index in [9.17, 15) is 9.59 Å². The number of rotatable bonds is 16. The van der Waals surface area contributed by atoms with Crippen molar-refractivity contribution in [3.63, 3.8) is 0 Å². The molecule has 0 N–H and O–H groups in total. The van der Waals surface area contributed by atoms with Crippen molar-refractivity contribution in [3.8, 4) is 0 Å². The molecule has 0 rings (SSSR count). The predicted molar refractivity (Wildman–Crippen MR) is 99.5 cm³/mol. The molecule has 0 aromatic heterocycles. The molecule has 0 fully saturated rings. The second-order valence-corrected chi connectivity index (χ2v) is 6.70. The number of carbonyl (C=O) groups is 2. The third-order valence-corrected chi connectivity index (χ3v) is 2.80. The van der Waals surface area contributed by atoms with E-state index in [-0.39, 0.29) is 19.0 Å². The van der Waals surface area contributed by atoms with Gasteiger partial charge in [-0.3, -0.25) is 4.79 Å². The van der Waals surface area contributed by atoms with E-state index in [4.69, 9.17) is 28.4 Å². The summed E-state index contributed by atoms with van der Waals surface area (Å²) >= 11 is 0. The Bertz CT molecular complexity index is 428. The maximum atomic E-state index is 11.4. The fraction of sp³-hybridized carbons (Fsp3) is 0.789. The highest BCUT2D eigenvalue weighted by Gasteiger charge is 2.15. The van der Waals surface area contributed by atoms with Gasteiger partial charge in [0.25, 0.3) is 0 Å². The third-order valence-electron chi connectivity index (χ3n) is 2.80. The van der Waals surface area contributed by atoms with Gasteiger partial charge < -0.3 is 28.4 Å². The third kappa shape index (κ3) is 19.1. The van der Waals surface area contributed by atoms with Crippen LogP contribution in [0.3, 0.4) is 0 Å². The van der Waals surface area contributed by atoms with Crippen LogP contribution in [-0.2, 0) is 38.0 Å². The Morgan fingerprint density at radius 2 is 1.15 bits per heavy atom. The molecule has 0 amide bonds. The molecular weight excluding hydrogens is 356 g/mol. The normalized spacial score (nSPS) is 11.3. The minimum Gasteiger partial charge on any atom is -0.460 e. The highest BCUT2D eigenvalue weighted by molar-refractivity contribution is 5.86. The molecule has 0 unspecified atom stereocenters. The van der Waals surface area contributed by atoms with Crippen LogP contribution in [0.4, 0.5) is 0 Å². The molecule has 0 saturated heterocycles. The highest BCUT2D eigenvalue weighted by atomic mass is 16.6. The molecule has 0 bridgehead atoms. The molecule has 0 aliphatic heterocycles. The second-order valence-electron chi connectivity index (χ2n) is 6.70. The first-order valence-electron chi connectivity index (χ1n) is 9.08. The lowest BCUT2D eigenvalue weighted by atomic mass is 10.2. The van der Waals surface area contributed by atoms with E-state index in [0.717, 1.165) is 0 Å². The fourth-order valence-corrected chi connectivity index (χ4v) is 1.63. The van der Waals surface area contributed by atoms with Crippen molar-refractivity contribution in [1.29, 1.82) is 0 Å². The van der Waals surface area contributed by atoms with Gasteiger partial charge in [-0.2, -0.15) is 0 Å². The summed E-state index contributed by atoms with van der Waals surface area (Å²) in [6, 6.07) is 0. The van der Waals surface area contributed by atoms with Crippen molar-refractivity contribution in [1.82, 2.24) is 0 Å². The lowest BCUT2D eigenvalue weighted by molar-refractivity contribution is -0.156. The molecule has 0 saturated carbocycles. The van der Waals surface area contributed by atoms with E-state index < -0.39 is 11.6 Å². The highest BCUT2D eigenvalue weighted by Crippen LogP contribution is 2.07. The number of hydrogen-bond acceptors (Lipinski definition) is 8. The van der Waals surface area contributed by atoms with Gasteiger partial charge in [-0.25, -0.2) is 4.79 Å². The zero-order chi connectivity index (χ0) is 20.5. The Morgan fingerprint density at radius 3 is 1.56 bits per heavy atom. The van der Waals surface area contributed by atoms with E-state index >= 15 is 0 Å². The predicted octanol–water partition coefficient (Wildman–Crippen LogP) is 1.90. The topological polar surface area (TPSA) is 89.5 Å². The molecule has 0 radical (unpaired) electrons. The van der Waals surface area contributed by atoms with Crippen molar-refractivity contribution in [2.75, 3.05) is 59.5 Å². The first kappa shape index (κ1) is 25.5. The summed E-state index contributed by atoms with van der Waals surface area (Å²) in [6.07, 6.45) is 0.229. The van der Waals surface area contributed by atoms with Gasteiger partial charge in [-0.15, -0.1) is 0 Å². The second kappa shape index (κ2) is 15.6. The molecule has 8 nitrogen and oxygen atoms in total. The van der Waals surface area contributed by atoms with Gasteiger partial charge in [0.05, 0.1) is 59.3 Å². The van der Waals surface area contributed by atoms with Gasteiger partial charge in [0.2, 0.25) is 0 Å². The van der Waals surface area contributed by atoms with E-state index in [2.05, 4.69) is 6.58 Å². The number of ether oxygens (including phenoxy) is 6. The number of hydrogen-bond donors (Lipinski definition) is 0. The van der Waals surface area contributed by atoms with Gasteiger partial charge >= 0.3 is 11.9 Å². The van der Waals surface area contributed by atoms with Crippen LogP contribution >= 0.6 is 0 Å². The maximum Gasteiger partial charge on any atom is 0.333 e. The Labute approximate surface area is 162 Å². The van der Waals surface area contributed by atoms with Crippen LogP contribution in [0, 0.1) is 0 Å². The number of esters is 2. The molecule has 0 spiro atoms. The standard InChI is InChI=1S/C19H34O8/c1-16(2)18(21)26-15-14-25-13-12-24-11-10-23-9-8-22-7-6-17(20)27-19(3,4)5/h1,6-15H2,2-5H3. The molecule has 0 heterocycles. The van der Waals surface area contributed by atoms with Gasteiger partial charge in [0, 0.05) is 5.57 Å². The van der Waals surface area contributed by atoms with Crippen LogP contribution in [-0.4, -0.2) is 77.0 Å². The zero-order valence-electron chi connectivity index (χ0n) is 17.0. The quantitative estimate of drug-likeness (QED) is 0.224. The summed E-state index contributed by atoms with van der Waals surface area (Å²) < 4.78 is 31.3. The van der Waals surface area contributed by atoms with Crippen molar-refractivity contribution < 1.29 is 38.0 Å². The van der Waals surface area contributed by atoms with Gasteiger partial charge in [-0.1, -0.05) is 6.58 Å². The SMILES string of the molecule is C=C(C)C(=O)OCCOCCOCCOCCOCCC(=O)OC(C)(C)C. The summed E-state index contributed by atoms with van der Waals surface area (Å²) in [5.41, 5.74) is -0.102. The van der Waals surface area contributed by atoms with E-state index in [0.29, 0.717) is 58.4 Å². The first-order chi connectivity index (χ1) is 12.7. The minimum atomic E-state index is -0.470. The lowest BCUT2D eigenvalue weighted by Gasteiger charge is -2.19. The Hall–Kier alpha value is -1.48. The summed E-state index contributed by atoms with van der Waals surface area (Å²) in [5, 5.41) is 0. The van der Waals surface area contributed by atoms with E-state index in [1.54, 1.807) is 6.92 Å². The van der Waals surface area contributed by atoms with Gasteiger partial charge in [0.15, 0.2) is 0 Å². The average molecular weight is 390 g/mol. The van der Waals surface area contributed by atoms with Crippen LogP contribution in [0.5, 0.6) is 0 Å². The van der Waals surface area contributed by atoms with Gasteiger partial charge in [-0.05, 0) is 27.7 Å². The summed E-state index contributed by atoms with van der Waals surface area (Å²) in [6.45, 7) is 14.0. The fourth-order valence-electron chi connectivity index (χ4n) is 1.63. The molecule has 0 atom stereocenters. The van der Waals surface area contributed by atoms with Crippen LogP contribution in [0.1, 0.15) is 34.1 Å². The molecule has 0 aromatic carbocycles. The van der Waals surface area contributed by atoms with E-state index in [1.807, 2.05) is 20.8 Å². The molecule has 0 aliphatic rings. The molecule has 8 heteroatoms. The Morgan fingerprint density at radius 1 is 0.741 bits per heavy atom. The van der Waals surface area contributed by atoms with Crippen molar-refractivity contribution in [2.45, 2.75) is 39.7 Å². The Kier molecular flexibility index (Phi) is 14.7. The van der Waals surface area contributed by atoms with E-state index in [1.165, 1.54) is 0 Å². The summed E-state index contributed by atoms with van der Waals surface area (Å²) in [5.74, 6) is -0.686. The maximum absolute atomic E-state index is 11.4. The monoisotopic (exact) mass is 390 g/mol. The largest absolute Gasteiger partial charge is 0.460 e. The Balaban J connectivity index is 3.22. The van der Waals surface area contributed by atoms with Gasteiger partial charge in [0.1, 0.15) is 12.2 Å². The molecule has 0 aromatic rings. The molecular formula is C19H34O8. The molecule has 27 heavy (non-hydrogen) atoms.